The zero-order chi connectivity index (χ0) is 23.0. The Hall–Kier alpha value is -1.67. The Morgan fingerprint density at radius 1 is 1.26 bits per heavy atom. The van der Waals surface area contributed by atoms with E-state index in [1.54, 1.807) is 11.9 Å². The van der Waals surface area contributed by atoms with E-state index in [0.717, 1.165) is 12.8 Å². The molecule has 6 atom stereocenters. The van der Waals surface area contributed by atoms with Gasteiger partial charge in [-0.15, -0.1) is 0 Å². The van der Waals surface area contributed by atoms with Crippen LogP contribution in [0.2, 0.25) is 0 Å². The fourth-order valence-corrected chi connectivity index (χ4v) is 6.21. The molecule has 0 aromatic heterocycles. The zero-order valence-electron chi connectivity index (χ0n) is 19.6. The minimum atomic E-state index is -1.02. The molecule has 0 aromatic carbocycles. The Morgan fingerprint density at radius 3 is 2.52 bits per heavy atom. The Bertz CT molecular complexity index is 713. The molecule has 2 bridgehead atoms. The van der Waals surface area contributed by atoms with E-state index < -0.39 is 35.1 Å². The first-order valence-electron chi connectivity index (χ1n) is 11.9. The zero-order valence-corrected chi connectivity index (χ0v) is 19.6. The molecule has 0 aromatic rings. The van der Waals surface area contributed by atoms with Gasteiger partial charge in [-0.25, -0.2) is 0 Å². The fourth-order valence-electron chi connectivity index (χ4n) is 6.21. The fraction of sp³-hybridized carbons (Fsp3) is 0.870. The Morgan fingerprint density at radius 2 is 1.97 bits per heavy atom. The van der Waals surface area contributed by atoms with Crippen molar-refractivity contribution in [2.45, 2.75) is 89.5 Å². The van der Waals surface area contributed by atoms with Gasteiger partial charge in [-0.1, -0.05) is 34.1 Å². The van der Waals surface area contributed by atoms with Crippen LogP contribution in [0.1, 0.15) is 66.2 Å². The maximum atomic E-state index is 13.9. The van der Waals surface area contributed by atoms with Gasteiger partial charge < -0.3 is 25.4 Å². The van der Waals surface area contributed by atoms with Gasteiger partial charge in [0.05, 0.1) is 30.1 Å². The van der Waals surface area contributed by atoms with Crippen molar-refractivity contribution in [3.05, 3.63) is 0 Å². The summed E-state index contributed by atoms with van der Waals surface area (Å²) in [6.45, 7) is 8.39. The number of amides is 3. The first-order valence-corrected chi connectivity index (χ1v) is 11.9. The lowest BCUT2D eigenvalue weighted by Gasteiger charge is -2.37. The number of fused-ring (bicyclic) bond motifs is 1. The van der Waals surface area contributed by atoms with Gasteiger partial charge in [-0.2, -0.15) is 0 Å². The third-order valence-corrected chi connectivity index (χ3v) is 7.57. The van der Waals surface area contributed by atoms with Crippen LogP contribution in [-0.2, 0) is 19.1 Å². The number of aliphatic hydroxyl groups excluding tert-OH is 1. The van der Waals surface area contributed by atoms with Crippen molar-refractivity contribution in [1.29, 1.82) is 0 Å². The number of nitrogens with zero attached hydrogens (tertiary/aromatic N) is 1. The largest absolute Gasteiger partial charge is 0.394 e. The second-order valence-electron chi connectivity index (χ2n) is 9.80. The average Bonchev–Trinajstić information content (AvgIpc) is 3.35. The van der Waals surface area contributed by atoms with Gasteiger partial charge in [0.15, 0.2) is 0 Å². The minimum Gasteiger partial charge on any atom is -0.394 e. The van der Waals surface area contributed by atoms with E-state index in [1.165, 1.54) is 0 Å². The van der Waals surface area contributed by atoms with Crippen molar-refractivity contribution in [1.82, 2.24) is 15.5 Å². The quantitative estimate of drug-likeness (QED) is 0.445. The lowest BCUT2D eigenvalue weighted by Crippen LogP contribution is -2.58. The predicted octanol–water partition coefficient (Wildman–Crippen LogP) is 1.21. The number of carbonyl (C=O) groups excluding carboxylic acids is 3. The second kappa shape index (κ2) is 9.06. The Labute approximate surface area is 185 Å². The Balaban J connectivity index is 2.07. The van der Waals surface area contributed by atoms with Crippen LogP contribution < -0.4 is 10.6 Å². The molecular formula is C23H39N3O5. The number of ether oxygens (including phenoxy) is 1. The van der Waals surface area contributed by atoms with Crippen LogP contribution in [0.3, 0.4) is 0 Å². The summed E-state index contributed by atoms with van der Waals surface area (Å²) in [5.41, 5.74) is -1.74. The van der Waals surface area contributed by atoms with E-state index in [9.17, 15) is 19.5 Å². The topological polar surface area (TPSA) is 108 Å². The molecule has 31 heavy (non-hydrogen) atoms. The highest BCUT2D eigenvalue weighted by Crippen LogP contribution is 2.64. The molecule has 0 saturated carbocycles. The highest BCUT2D eigenvalue weighted by Gasteiger charge is 2.79. The van der Waals surface area contributed by atoms with E-state index in [1.807, 2.05) is 20.8 Å². The van der Waals surface area contributed by atoms with E-state index in [0.29, 0.717) is 32.2 Å². The first kappa shape index (κ1) is 24.0. The van der Waals surface area contributed by atoms with Crippen molar-refractivity contribution < 1.29 is 24.2 Å². The molecule has 3 fully saturated rings. The lowest BCUT2D eigenvalue weighted by atomic mass is 9.65. The predicted molar refractivity (Wildman–Crippen MR) is 116 cm³/mol. The maximum Gasteiger partial charge on any atom is 0.245 e. The molecule has 3 heterocycles. The summed E-state index contributed by atoms with van der Waals surface area (Å²) in [6, 6.07) is -1.32. The highest BCUT2D eigenvalue weighted by atomic mass is 16.5. The second-order valence-corrected chi connectivity index (χ2v) is 9.80. The van der Waals surface area contributed by atoms with Crippen LogP contribution in [0.15, 0.2) is 0 Å². The van der Waals surface area contributed by atoms with Gasteiger partial charge in [-0.3, -0.25) is 14.4 Å². The molecule has 1 spiro atoms. The van der Waals surface area contributed by atoms with Crippen LogP contribution in [0.4, 0.5) is 0 Å². The molecule has 3 saturated heterocycles. The van der Waals surface area contributed by atoms with E-state index in [-0.39, 0.29) is 30.2 Å². The number of nitrogens with one attached hydrogen (secondary N) is 2. The monoisotopic (exact) mass is 437 g/mol. The molecule has 176 valence electrons. The molecule has 3 N–H and O–H groups in total. The first-order chi connectivity index (χ1) is 14.7. The van der Waals surface area contributed by atoms with Crippen LogP contribution in [0.5, 0.6) is 0 Å². The number of hydrogen-bond donors (Lipinski definition) is 3. The molecule has 8 nitrogen and oxygen atoms in total. The highest BCUT2D eigenvalue weighted by molar-refractivity contribution is 5.99. The van der Waals surface area contributed by atoms with E-state index in [2.05, 4.69) is 17.6 Å². The molecule has 8 heteroatoms. The SMILES string of the molecule is CCCCNC(=O)C1N([C@@H](CO)CC(C)C)C(=O)[C@@H]2[C@H](C(=O)NC)[C@]3(CC)CCC12O3. The lowest BCUT2D eigenvalue weighted by molar-refractivity contribution is -0.151. The summed E-state index contributed by atoms with van der Waals surface area (Å²) in [5, 5.41) is 15.9. The Kier molecular flexibility index (Phi) is 7.01. The summed E-state index contributed by atoms with van der Waals surface area (Å²) in [4.78, 5) is 41.9. The van der Waals surface area contributed by atoms with Crippen LogP contribution >= 0.6 is 0 Å². The number of unbranched alkanes of at least 4 members (excludes halogenated alkanes) is 1. The molecule has 3 aliphatic rings. The third-order valence-electron chi connectivity index (χ3n) is 7.57. The molecule has 0 aliphatic carbocycles. The van der Waals surface area contributed by atoms with E-state index >= 15 is 0 Å². The maximum absolute atomic E-state index is 13.9. The summed E-state index contributed by atoms with van der Waals surface area (Å²) < 4.78 is 6.63. The molecule has 2 unspecified atom stereocenters. The van der Waals surface area contributed by atoms with Crippen molar-refractivity contribution in [2.75, 3.05) is 20.2 Å². The van der Waals surface area contributed by atoms with Gasteiger partial charge in [-0.05, 0) is 38.0 Å². The smallest absolute Gasteiger partial charge is 0.245 e. The minimum absolute atomic E-state index is 0.210. The standard InChI is InChI=1S/C23H39N3O5/c1-6-8-11-25-20(29)18-23-10-9-22(7-2,31-23)16(19(28)24-5)17(23)21(30)26(18)15(13-27)12-14(3)4/h14-18,27H,6-13H2,1-5H3,(H,24,28)(H,25,29)/t15-,16-,17+,18?,22+,23?/m1/s1. The van der Waals surface area contributed by atoms with Gasteiger partial charge in [0, 0.05) is 13.6 Å². The summed E-state index contributed by atoms with van der Waals surface area (Å²) in [5.74, 6) is -1.78. The number of rotatable bonds is 10. The molecule has 0 radical (unpaired) electrons. The van der Waals surface area contributed by atoms with Crippen molar-refractivity contribution in [3.8, 4) is 0 Å². The van der Waals surface area contributed by atoms with E-state index in [4.69, 9.17) is 4.74 Å². The molecular weight excluding hydrogens is 398 g/mol. The van der Waals surface area contributed by atoms with Gasteiger partial charge in [0.25, 0.3) is 0 Å². The van der Waals surface area contributed by atoms with Crippen LogP contribution in [-0.4, -0.2) is 71.2 Å². The molecule has 3 rings (SSSR count). The number of hydrogen-bond acceptors (Lipinski definition) is 5. The molecule has 3 amide bonds. The summed E-state index contributed by atoms with van der Waals surface area (Å²) >= 11 is 0. The van der Waals surface area contributed by atoms with Crippen LogP contribution in [0.25, 0.3) is 0 Å². The van der Waals surface area contributed by atoms with Crippen molar-refractivity contribution in [2.24, 2.45) is 17.8 Å². The van der Waals surface area contributed by atoms with Crippen LogP contribution in [0, 0.1) is 17.8 Å². The number of carbonyl (C=O) groups is 3. The normalized spacial score (nSPS) is 34.9. The average molecular weight is 438 g/mol. The third kappa shape index (κ3) is 3.65. The molecule has 3 aliphatic heterocycles. The number of aliphatic hydroxyl groups is 1. The van der Waals surface area contributed by atoms with Gasteiger partial charge in [0.1, 0.15) is 11.6 Å². The van der Waals surface area contributed by atoms with Crippen molar-refractivity contribution >= 4 is 17.7 Å². The number of likely N-dealkylation sites (tertiary alicyclic amines) is 1. The van der Waals surface area contributed by atoms with Gasteiger partial charge in [0.2, 0.25) is 17.7 Å². The summed E-state index contributed by atoms with van der Waals surface area (Å²) in [6.07, 6.45) is 4.18. The van der Waals surface area contributed by atoms with Gasteiger partial charge >= 0.3 is 0 Å². The summed E-state index contributed by atoms with van der Waals surface area (Å²) in [7, 11) is 1.58. The van der Waals surface area contributed by atoms with Crippen molar-refractivity contribution in [3.63, 3.8) is 0 Å².